The van der Waals surface area contributed by atoms with Gasteiger partial charge < -0.3 is 19.1 Å². The Kier molecular flexibility index (Phi) is 5.13. The van der Waals surface area contributed by atoms with Gasteiger partial charge in [-0.15, -0.1) is 0 Å². The maximum atomic E-state index is 12.9. The van der Waals surface area contributed by atoms with Crippen molar-refractivity contribution in [3.63, 3.8) is 0 Å². The van der Waals surface area contributed by atoms with E-state index in [9.17, 15) is 9.59 Å². The van der Waals surface area contributed by atoms with E-state index in [0.29, 0.717) is 35.8 Å². The number of methoxy groups -OCH3 is 3. The summed E-state index contributed by atoms with van der Waals surface area (Å²) in [6.45, 7) is 4.17. The van der Waals surface area contributed by atoms with Gasteiger partial charge in [-0.2, -0.15) is 0 Å². The van der Waals surface area contributed by atoms with Gasteiger partial charge in [-0.1, -0.05) is 6.92 Å². The lowest BCUT2D eigenvalue weighted by Gasteiger charge is -2.36. The van der Waals surface area contributed by atoms with Gasteiger partial charge in [0.15, 0.2) is 11.5 Å². The molecule has 1 amide bonds. The summed E-state index contributed by atoms with van der Waals surface area (Å²) in [5, 5.41) is 0. The normalized spacial score (nSPS) is 21.1. The number of ether oxygens (including phenoxy) is 3. The van der Waals surface area contributed by atoms with Gasteiger partial charge in [0.1, 0.15) is 5.78 Å². The number of carbonyl (C=O) groups is 2. The molecule has 0 unspecified atom stereocenters. The fourth-order valence-corrected chi connectivity index (χ4v) is 2.83. The predicted octanol–water partition coefficient (Wildman–Crippen LogP) is 2.15. The number of nitrogens with zero attached hydrogens (tertiary/aromatic N) is 1. The van der Waals surface area contributed by atoms with Crippen LogP contribution in [0.3, 0.4) is 0 Å². The Morgan fingerprint density at radius 3 is 2.13 bits per heavy atom. The molecule has 126 valence electrons. The molecule has 2 rings (SSSR count). The molecule has 0 spiro atoms. The molecule has 23 heavy (non-hydrogen) atoms. The van der Waals surface area contributed by atoms with Crippen LogP contribution in [-0.2, 0) is 4.79 Å². The monoisotopic (exact) mass is 321 g/mol. The molecule has 1 aliphatic rings. The fraction of sp³-hybridized carbons (Fsp3) is 0.529. The summed E-state index contributed by atoms with van der Waals surface area (Å²) in [6, 6.07) is 3.15. The van der Waals surface area contributed by atoms with E-state index in [1.807, 2.05) is 13.8 Å². The molecule has 1 fully saturated rings. The summed E-state index contributed by atoms with van der Waals surface area (Å²) in [5.74, 6) is 1.23. The molecule has 6 nitrogen and oxygen atoms in total. The number of ketones is 1. The van der Waals surface area contributed by atoms with Gasteiger partial charge in [-0.25, -0.2) is 0 Å². The van der Waals surface area contributed by atoms with E-state index in [0.717, 1.165) is 0 Å². The van der Waals surface area contributed by atoms with Gasteiger partial charge in [0.05, 0.1) is 21.3 Å². The highest BCUT2D eigenvalue weighted by Gasteiger charge is 2.33. The summed E-state index contributed by atoms with van der Waals surface area (Å²) in [7, 11) is 4.54. The van der Waals surface area contributed by atoms with Gasteiger partial charge in [0.25, 0.3) is 5.91 Å². The summed E-state index contributed by atoms with van der Waals surface area (Å²) in [4.78, 5) is 26.4. The van der Waals surface area contributed by atoms with E-state index in [4.69, 9.17) is 14.2 Å². The third-order valence-corrected chi connectivity index (χ3v) is 4.22. The maximum Gasteiger partial charge on any atom is 0.254 e. The predicted molar refractivity (Wildman–Crippen MR) is 85.4 cm³/mol. The first-order valence-electron chi connectivity index (χ1n) is 7.56. The van der Waals surface area contributed by atoms with E-state index in [1.165, 1.54) is 21.3 Å². The second-order valence-electron chi connectivity index (χ2n) is 5.79. The van der Waals surface area contributed by atoms with Crippen molar-refractivity contribution >= 4 is 11.7 Å². The number of hydrogen-bond donors (Lipinski definition) is 0. The molecule has 1 aromatic rings. The van der Waals surface area contributed by atoms with Crippen LogP contribution < -0.4 is 14.2 Å². The summed E-state index contributed by atoms with van der Waals surface area (Å²) < 4.78 is 15.9. The number of likely N-dealkylation sites (tertiary alicyclic amines) is 1. The molecule has 0 aromatic heterocycles. The van der Waals surface area contributed by atoms with Crippen LogP contribution >= 0.6 is 0 Å². The van der Waals surface area contributed by atoms with E-state index in [-0.39, 0.29) is 23.7 Å². The number of Topliss-reactive ketones (excluding diaryl/α,β-unsaturated/α-hetero) is 1. The third kappa shape index (κ3) is 3.25. The van der Waals surface area contributed by atoms with Gasteiger partial charge in [0, 0.05) is 30.5 Å². The van der Waals surface area contributed by atoms with Crippen LogP contribution in [0.4, 0.5) is 0 Å². The zero-order chi connectivity index (χ0) is 17.1. The lowest BCUT2D eigenvalue weighted by molar-refractivity contribution is -0.126. The van der Waals surface area contributed by atoms with Crippen molar-refractivity contribution in [2.75, 3.05) is 27.9 Å². The fourth-order valence-electron chi connectivity index (χ4n) is 2.83. The molecular formula is C17H23NO5. The minimum absolute atomic E-state index is 0.120. The topological polar surface area (TPSA) is 65.1 Å². The first-order chi connectivity index (χ1) is 10.9. The average Bonchev–Trinajstić information content (AvgIpc) is 2.55. The van der Waals surface area contributed by atoms with Crippen molar-refractivity contribution in [3.8, 4) is 17.2 Å². The molecule has 0 N–H and O–H groups in total. The van der Waals surface area contributed by atoms with Crippen molar-refractivity contribution in [2.24, 2.45) is 5.92 Å². The quantitative estimate of drug-likeness (QED) is 0.850. The molecule has 1 aromatic carbocycles. The summed E-state index contributed by atoms with van der Waals surface area (Å²) in [6.07, 6.45) is 0.386. The van der Waals surface area contributed by atoms with Crippen LogP contribution in [0.2, 0.25) is 0 Å². The van der Waals surface area contributed by atoms with Crippen molar-refractivity contribution in [1.82, 2.24) is 4.90 Å². The van der Waals surface area contributed by atoms with Crippen molar-refractivity contribution in [1.29, 1.82) is 0 Å². The first-order valence-corrected chi connectivity index (χ1v) is 7.56. The van der Waals surface area contributed by atoms with Crippen LogP contribution in [0.15, 0.2) is 12.1 Å². The van der Waals surface area contributed by atoms with E-state index < -0.39 is 0 Å². The van der Waals surface area contributed by atoms with Crippen molar-refractivity contribution in [3.05, 3.63) is 17.7 Å². The highest BCUT2D eigenvalue weighted by molar-refractivity contribution is 5.97. The summed E-state index contributed by atoms with van der Waals surface area (Å²) >= 11 is 0. The minimum Gasteiger partial charge on any atom is -0.493 e. The minimum atomic E-state index is -0.142. The second kappa shape index (κ2) is 6.89. The van der Waals surface area contributed by atoms with Crippen LogP contribution in [0.25, 0.3) is 0 Å². The van der Waals surface area contributed by atoms with Crippen LogP contribution in [0.5, 0.6) is 17.2 Å². The Hall–Kier alpha value is -2.24. The van der Waals surface area contributed by atoms with Gasteiger partial charge >= 0.3 is 0 Å². The van der Waals surface area contributed by atoms with E-state index in [2.05, 4.69) is 0 Å². The lowest BCUT2D eigenvalue weighted by Crippen LogP contribution is -2.48. The molecule has 1 saturated heterocycles. The number of rotatable bonds is 4. The number of hydrogen-bond acceptors (Lipinski definition) is 5. The molecule has 1 heterocycles. The number of benzene rings is 1. The van der Waals surface area contributed by atoms with Gasteiger partial charge in [-0.05, 0) is 19.1 Å². The second-order valence-corrected chi connectivity index (χ2v) is 5.79. The standard InChI is InChI=1S/C17H23NO5/c1-10-9-18(11(2)6-13(10)19)17(20)12-7-14(21-3)16(23-5)15(8-12)22-4/h7-8,10-11H,6,9H2,1-5H3/t10-,11-/m1/s1. The lowest BCUT2D eigenvalue weighted by atomic mass is 9.93. The van der Waals surface area contributed by atoms with E-state index in [1.54, 1.807) is 17.0 Å². The molecule has 2 atom stereocenters. The van der Waals surface area contributed by atoms with Crippen LogP contribution in [0, 0.1) is 5.92 Å². The molecular weight excluding hydrogens is 298 g/mol. The Bertz CT molecular complexity index is 588. The third-order valence-electron chi connectivity index (χ3n) is 4.22. The number of piperidine rings is 1. The van der Waals surface area contributed by atoms with Gasteiger partial charge in [0.2, 0.25) is 5.75 Å². The largest absolute Gasteiger partial charge is 0.493 e. The molecule has 1 aliphatic heterocycles. The Labute approximate surface area is 136 Å². The zero-order valence-electron chi connectivity index (χ0n) is 14.2. The Morgan fingerprint density at radius 1 is 1.09 bits per heavy atom. The maximum absolute atomic E-state index is 12.9. The molecule has 0 radical (unpaired) electrons. The summed E-state index contributed by atoms with van der Waals surface area (Å²) in [5.41, 5.74) is 0.452. The Morgan fingerprint density at radius 2 is 1.65 bits per heavy atom. The average molecular weight is 321 g/mol. The molecule has 6 heteroatoms. The molecule has 0 saturated carbocycles. The molecule has 0 aliphatic carbocycles. The SMILES string of the molecule is COc1cc(C(=O)N2C[C@@H](C)C(=O)C[C@H]2C)cc(OC)c1OC. The van der Waals surface area contributed by atoms with E-state index >= 15 is 0 Å². The van der Waals surface area contributed by atoms with Crippen LogP contribution in [-0.4, -0.2) is 50.5 Å². The van der Waals surface area contributed by atoms with Gasteiger partial charge in [-0.3, -0.25) is 9.59 Å². The number of amides is 1. The van der Waals surface area contributed by atoms with Crippen LogP contribution in [0.1, 0.15) is 30.6 Å². The van der Waals surface area contributed by atoms with Crippen molar-refractivity contribution in [2.45, 2.75) is 26.3 Å². The number of carbonyl (C=O) groups excluding carboxylic acids is 2. The first kappa shape index (κ1) is 17.1. The zero-order valence-corrected chi connectivity index (χ0v) is 14.2. The smallest absolute Gasteiger partial charge is 0.254 e. The highest BCUT2D eigenvalue weighted by atomic mass is 16.5. The highest BCUT2D eigenvalue weighted by Crippen LogP contribution is 2.38. The Balaban J connectivity index is 2.37. The van der Waals surface area contributed by atoms with Crippen molar-refractivity contribution < 1.29 is 23.8 Å². The molecule has 0 bridgehead atoms.